The van der Waals surface area contributed by atoms with Crippen LogP contribution < -0.4 is 0 Å². The summed E-state index contributed by atoms with van der Waals surface area (Å²) in [5, 5.41) is 0. The van der Waals surface area contributed by atoms with Gasteiger partial charge >= 0.3 is 0 Å². The molecule has 3 heterocycles. The number of hydrogen-bond acceptors (Lipinski definition) is 6. The Labute approximate surface area is 227 Å². The van der Waals surface area contributed by atoms with Gasteiger partial charge in [0.25, 0.3) is 0 Å². The molecule has 0 spiro atoms. The van der Waals surface area contributed by atoms with Crippen molar-refractivity contribution in [1.29, 1.82) is 0 Å². The molecule has 0 aliphatic heterocycles. The van der Waals surface area contributed by atoms with Crippen LogP contribution in [0.2, 0.25) is 0 Å². The Balaban J connectivity index is 1.63. The van der Waals surface area contributed by atoms with E-state index in [1.54, 1.807) is 0 Å². The summed E-state index contributed by atoms with van der Waals surface area (Å²) >= 11 is 0. The molecule has 0 atom stereocenters. The van der Waals surface area contributed by atoms with Gasteiger partial charge in [-0.3, -0.25) is 9.88 Å². The molecule has 0 bridgehead atoms. The summed E-state index contributed by atoms with van der Waals surface area (Å²) in [4.78, 5) is 23.8. The molecule has 0 fully saturated rings. The molecule has 6 nitrogen and oxygen atoms in total. The summed E-state index contributed by atoms with van der Waals surface area (Å²) < 4.78 is 0. The van der Waals surface area contributed by atoms with E-state index < -0.39 is 0 Å². The third-order valence-electron chi connectivity index (χ3n) is 6.65. The van der Waals surface area contributed by atoms with Crippen molar-refractivity contribution in [3.8, 4) is 33.9 Å². The molecule has 38 heavy (non-hydrogen) atoms. The fourth-order valence-electron chi connectivity index (χ4n) is 4.25. The maximum atomic E-state index is 4.93. The lowest BCUT2D eigenvalue weighted by Gasteiger charge is -2.22. The van der Waals surface area contributed by atoms with E-state index in [2.05, 4.69) is 98.0 Å². The van der Waals surface area contributed by atoms with E-state index in [0.29, 0.717) is 5.82 Å². The zero-order valence-electron chi connectivity index (χ0n) is 23.9. The zero-order chi connectivity index (χ0) is 27.3. The van der Waals surface area contributed by atoms with Crippen molar-refractivity contribution in [3.63, 3.8) is 0 Å². The molecule has 0 amide bonds. The zero-order valence-corrected chi connectivity index (χ0v) is 23.9. The van der Waals surface area contributed by atoms with Crippen molar-refractivity contribution >= 4 is 0 Å². The van der Waals surface area contributed by atoms with Crippen LogP contribution in [-0.4, -0.2) is 63.5 Å². The minimum Gasteiger partial charge on any atom is -0.308 e. The molecule has 3 aromatic heterocycles. The van der Waals surface area contributed by atoms with Gasteiger partial charge in [0.15, 0.2) is 5.82 Å². The maximum Gasteiger partial charge on any atom is 0.178 e. The lowest BCUT2D eigenvalue weighted by molar-refractivity contribution is 0.244. The highest BCUT2D eigenvalue weighted by molar-refractivity contribution is 5.71. The average molecular weight is 509 g/mol. The normalized spacial score (nSPS) is 11.9. The van der Waals surface area contributed by atoms with Crippen molar-refractivity contribution in [2.75, 3.05) is 33.7 Å². The summed E-state index contributed by atoms with van der Waals surface area (Å²) in [5.41, 5.74) is 7.93. The molecule has 0 saturated carbocycles. The van der Waals surface area contributed by atoms with Gasteiger partial charge in [0.1, 0.15) is 5.69 Å². The molecule has 1 aromatic carbocycles. The quantitative estimate of drug-likeness (QED) is 0.266. The van der Waals surface area contributed by atoms with E-state index in [0.717, 1.165) is 65.6 Å². The van der Waals surface area contributed by atoms with Gasteiger partial charge in [-0.05, 0) is 63.0 Å². The lowest BCUT2D eigenvalue weighted by atomic mass is 9.91. The third kappa shape index (κ3) is 7.09. The van der Waals surface area contributed by atoms with Gasteiger partial charge in [-0.25, -0.2) is 15.0 Å². The van der Waals surface area contributed by atoms with E-state index in [1.165, 1.54) is 5.56 Å². The molecule has 0 unspecified atom stereocenters. The first-order valence-corrected chi connectivity index (χ1v) is 13.4. The molecule has 0 N–H and O–H groups in total. The number of nitrogens with zero attached hydrogens (tertiary/aromatic N) is 6. The first kappa shape index (κ1) is 27.6. The Morgan fingerprint density at radius 1 is 0.763 bits per heavy atom. The Bertz CT molecular complexity index is 1360. The van der Waals surface area contributed by atoms with Gasteiger partial charge in [0.05, 0.1) is 11.4 Å². The first-order chi connectivity index (χ1) is 18.1. The Morgan fingerprint density at radius 3 is 2.16 bits per heavy atom. The lowest BCUT2D eigenvalue weighted by Crippen LogP contribution is -2.31. The van der Waals surface area contributed by atoms with Crippen LogP contribution in [0.25, 0.3) is 33.9 Å². The van der Waals surface area contributed by atoms with Crippen LogP contribution in [0.3, 0.4) is 0 Å². The fraction of sp³-hybridized carbons (Fsp3) is 0.375. The van der Waals surface area contributed by atoms with Gasteiger partial charge in [-0.2, -0.15) is 0 Å². The maximum absolute atomic E-state index is 4.93. The van der Waals surface area contributed by atoms with Crippen molar-refractivity contribution in [2.24, 2.45) is 0 Å². The summed E-state index contributed by atoms with van der Waals surface area (Å²) in [6.45, 7) is 14.8. The number of pyridine rings is 2. The molecule has 0 aliphatic carbocycles. The summed E-state index contributed by atoms with van der Waals surface area (Å²) in [5.74, 6) is 0.639. The average Bonchev–Trinajstić information content (AvgIpc) is 2.90. The number of benzene rings is 1. The topological polar surface area (TPSA) is 58.0 Å². The molecule has 0 aliphatic rings. The van der Waals surface area contributed by atoms with E-state index in [4.69, 9.17) is 9.97 Å². The Hall–Kier alpha value is -3.48. The van der Waals surface area contributed by atoms with Gasteiger partial charge in [-0.1, -0.05) is 58.0 Å². The second-order valence-corrected chi connectivity index (χ2v) is 11.2. The molecule has 4 rings (SSSR count). The number of rotatable bonds is 9. The second-order valence-electron chi connectivity index (χ2n) is 11.2. The number of likely N-dealkylation sites (N-methyl/N-ethyl adjacent to an activating group) is 2. The molecule has 6 heteroatoms. The molecule has 0 radical (unpaired) electrons. The Kier molecular flexibility index (Phi) is 8.65. The SMILES string of the molecule is CCN(CCN(C)C)Cc1ccc(-c2cncc(-c3cc(C(C)(C)C)nc(-c4cccc(C)n4)n3)c2)cc1. The molecule has 0 saturated heterocycles. The summed E-state index contributed by atoms with van der Waals surface area (Å²) in [6, 6.07) is 19.0. The van der Waals surface area contributed by atoms with Crippen LogP contribution in [0.5, 0.6) is 0 Å². The van der Waals surface area contributed by atoms with Gasteiger partial charge in [0.2, 0.25) is 0 Å². The minimum absolute atomic E-state index is 0.129. The predicted molar refractivity (Wildman–Crippen MR) is 157 cm³/mol. The fourth-order valence-corrected chi connectivity index (χ4v) is 4.25. The van der Waals surface area contributed by atoms with E-state index in [9.17, 15) is 0 Å². The van der Waals surface area contributed by atoms with Gasteiger partial charge in [-0.15, -0.1) is 0 Å². The number of hydrogen-bond donors (Lipinski definition) is 0. The third-order valence-corrected chi connectivity index (χ3v) is 6.65. The van der Waals surface area contributed by atoms with Crippen LogP contribution in [0.15, 0.2) is 67.0 Å². The van der Waals surface area contributed by atoms with Crippen LogP contribution in [0.4, 0.5) is 0 Å². The highest BCUT2D eigenvalue weighted by Gasteiger charge is 2.20. The number of aromatic nitrogens is 4. The van der Waals surface area contributed by atoms with Gasteiger partial charge in [0, 0.05) is 54.3 Å². The second kappa shape index (κ2) is 11.9. The Morgan fingerprint density at radius 2 is 1.50 bits per heavy atom. The van der Waals surface area contributed by atoms with Gasteiger partial charge < -0.3 is 4.90 Å². The molecule has 198 valence electrons. The highest BCUT2D eigenvalue weighted by atomic mass is 15.2. The van der Waals surface area contributed by atoms with E-state index >= 15 is 0 Å². The molecular formula is C32H40N6. The van der Waals surface area contributed by atoms with Crippen LogP contribution in [-0.2, 0) is 12.0 Å². The highest BCUT2D eigenvalue weighted by Crippen LogP contribution is 2.30. The van der Waals surface area contributed by atoms with Crippen molar-refractivity contribution in [1.82, 2.24) is 29.7 Å². The van der Waals surface area contributed by atoms with E-state index in [-0.39, 0.29) is 5.41 Å². The number of aryl methyl sites for hydroxylation is 1. The van der Waals surface area contributed by atoms with Crippen molar-refractivity contribution in [3.05, 3.63) is 83.9 Å². The van der Waals surface area contributed by atoms with Crippen LogP contribution in [0, 0.1) is 6.92 Å². The standard InChI is InChI=1S/C32H40N6/c1-8-38(17-16-37(6)7)22-24-12-14-25(15-13-24)26-18-27(21-33-20-26)29-19-30(32(3,4)5)36-31(35-29)28-11-9-10-23(2)34-28/h9-15,18-21H,8,16-17,22H2,1-7H3. The minimum atomic E-state index is -0.129. The van der Waals surface area contributed by atoms with E-state index in [1.807, 2.05) is 37.5 Å². The summed E-state index contributed by atoms with van der Waals surface area (Å²) in [6.07, 6.45) is 3.80. The molecule has 4 aromatic rings. The van der Waals surface area contributed by atoms with Crippen LogP contribution in [0.1, 0.15) is 44.6 Å². The van der Waals surface area contributed by atoms with Crippen molar-refractivity contribution in [2.45, 2.75) is 46.6 Å². The predicted octanol–water partition coefficient (Wildman–Crippen LogP) is 6.26. The first-order valence-electron chi connectivity index (χ1n) is 13.4. The van der Waals surface area contributed by atoms with Crippen molar-refractivity contribution < 1.29 is 0 Å². The summed E-state index contributed by atoms with van der Waals surface area (Å²) in [7, 11) is 4.24. The monoisotopic (exact) mass is 508 g/mol. The smallest absolute Gasteiger partial charge is 0.178 e. The van der Waals surface area contributed by atoms with Crippen LogP contribution >= 0.6 is 0 Å². The molecular weight excluding hydrogens is 468 g/mol. The largest absolute Gasteiger partial charge is 0.308 e.